The highest BCUT2D eigenvalue weighted by Crippen LogP contribution is 2.52. The Morgan fingerprint density at radius 1 is 0.688 bits per heavy atom. The fourth-order valence-corrected chi connectivity index (χ4v) is 6.28. The third kappa shape index (κ3) is 2.47. The summed E-state index contributed by atoms with van der Waals surface area (Å²) in [5.74, 6) is 0.672. The zero-order valence-electron chi connectivity index (χ0n) is 18.3. The summed E-state index contributed by atoms with van der Waals surface area (Å²) in [6, 6.07) is 34.3. The first-order valence-electron chi connectivity index (χ1n) is 11.8. The summed E-state index contributed by atoms with van der Waals surface area (Å²) in [6.45, 7) is 2.22. The lowest BCUT2D eigenvalue weighted by Gasteiger charge is -2.27. The van der Waals surface area contributed by atoms with Crippen LogP contribution in [0, 0.1) is 6.92 Å². The van der Waals surface area contributed by atoms with E-state index in [1.54, 1.807) is 5.56 Å². The first kappa shape index (κ1) is 18.1. The Morgan fingerprint density at radius 2 is 1.50 bits per heavy atom. The molecule has 4 aromatic carbocycles. The summed E-state index contributed by atoms with van der Waals surface area (Å²) in [5.41, 5.74) is 9.42. The van der Waals surface area contributed by atoms with Gasteiger partial charge < -0.3 is 9.47 Å². The number of benzene rings is 4. The number of anilines is 2. The maximum absolute atomic E-state index is 2.64. The Kier molecular flexibility index (Phi) is 3.81. The van der Waals surface area contributed by atoms with Crippen LogP contribution in [0.2, 0.25) is 0 Å². The number of rotatable bonds is 2. The van der Waals surface area contributed by atoms with Crippen molar-refractivity contribution in [1.29, 1.82) is 0 Å². The van der Waals surface area contributed by atoms with E-state index in [-0.39, 0.29) is 0 Å². The first-order chi connectivity index (χ1) is 15.8. The molecule has 32 heavy (non-hydrogen) atoms. The standard InChI is InChI=1S/C30H26N2/c1-20-14-16-29-25(18-20)24-11-7-13-28(24)32(29)22-15-17-30-26(19-22)23-10-5-6-12-27(23)31(30)21-8-3-2-4-9-21/h2-6,8-10,12,14-19,24,28H,7,11,13H2,1H3. The highest BCUT2D eigenvalue weighted by molar-refractivity contribution is 6.10. The van der Waals surface area contributed by atoms with Crippen LogP contribution in [0.3, 0.4) is 0 Å². The van der Waals surface area contributed by atoms with Crippen molar-refractivity contribution >= 4 is 33.2 Å². The fourth-order valence-electron chi connectivity index (χ4n) is 6.28. The summed E-state index contributed by atoms with van der Waals surface area (Å²) < 4.78 is 2.40. The summed E-state index contributed by atoms with van der Waals surface area (Å²) in [4.78, 5) is 2.64. The predicted octanol–water partition coefficient (Wildman–Crippen LogP) is 7.88. The van der Waals surface area contributed by atoms with Crippen LogP contribution in [0.25, 0.3) is 27.5 Å². The molecule has 1 aliphatic heterocycles. The number of hydrogen-bond acceptors (Lipinski definition) is 1. The van der Waals surface area contributed by atoms with Crippen LogP contribution >= 0.6 is 0 Å². The summed E-state index contributed by atoms with van der Waals surface area (Å²) in [7, 11) is 0. The molecule has 5 aromatic rings. The molecule has 2 aliphatic rings. The average molecular weight is 415 g/mol. The van der Waals surface area contributed by atoms with Gasteiger partial charge in [-0.25, -0.2) is 0 Å². The number of hydrogen-bond donors (Lipinski definition) is 0. The quantitative estimate of drug-likeness (QED) is 0.285. The molecule has 2 heteroatoms. The van der Waals surface area contributed by atoms with Crippen LogP contribution in [-0.4, -0.2) is 10.6 Å². The van der Waals surface area contributed by atoms with Crippen molar-refractivity contribution in [2.45, 2.75) is 38.1 Å². The molecule has 156 valence electrons. The van der Waals surface area contributed by atoms with E-state index in [1.807, 2.05) is 0 Å². The molecule has 0 bridgehead atoms. The van der Waals surface area contributed by atoms with Crippen molar-refractivity contribution in [3.63, 3.8) is 0 Å². The van der Waals surface area contributed by atoms with Crippen LogP contribution in [-0.2, 0) is 0 Å². The van der Waals surface area contributed by atoms with Crippen molar-refractivity contribution in [3.05, 3.63) is 102 Å². The molecule has 1 saturated carbocycles. The maximum atomic E-state index is 2.64. The summed E-state index contributed by atoms with van der Waals surface area (Å²) >= 11 is 0. The van der Waals surface area contributed by atoms with Crippen molar-refractivity contribution in [2.75, 3.05) is 4.90 Å². The second kappa shape index (κ2) is 6.74. The molecule has 2 unspecified atom stereocenters. The normalized spacial score (nSPS) is 19.6. The van der Waals surface area contributed by atoms with E-state index in [4.69, 9.17) is 0 Å². The van der Waals surface area contributed by atoms with E-state index < -0.39 is 0 Å². The van der Waals surface area contributed by atoms with E-state index in [9.17, 15) is 0 Å². The van der Waals surface area contributed by atoms with Gasteiger partial charge >= 0.3 is 0 Å². The van der Waals surface area contributed by atoms with Gasteiger partial charge in [-0.2, -0.15) is 0 Å². The molecule has 1 aromatic heterocycles. The highest BCUT2D eigenvalue weighted by Gasteiger charge is 2.42. The zero-order chi connectivity index (χ0) is 21.2. The Bertz CT molecular complexity index is 1480. The minimum Gasteiger partial charge on any atom is -0.337 e. The van der Waals surface area contributed by atoms with E-state index in [2.05, 4.69) is 107 Å². The van der Waals surface area contributed by atoms with Crippen molar-refractivity contribution in [3.8, 4) is 5.69 Å². The fraction of sp³-hybridized carbons (Fsp3) is 0.200. The molecule has 1 fully saturated rings. The Morgan fingerprint density at radius 3 is 2.41 bits per heavy atom. The van der Waals surface area contributed by atoms with Gasteiger partial charge in [0.2, 0.25) is 0 Å². The van der Waals surface area contributed by atoms with Gasteiger partial charge in [-0.15, -0.1) is 0 Å². The summed E-state index contributed by atoms with van der Waals surface area (Å²) in [6.07, 6.45) is 3.92. The SMILES string of the molecule is Cc1ccc2c(c1)C1CCCC1N2c1ccc2c(c1)c1ccccc1n2-c1ccccc1. The van der Waals surface area contributed by atoms with Crippen LogP contribution in [0.5, 0.6) is 0 Å². The lowest BCUT2D eigenvalue weighted by Crippen LogP contribution is -2.26. The predicted molar refractivity (Wildman–Crippen MR) is 134 cm³/mol. The van der Waals surface area contributed by atoms with Crippen molar-refractivity contribution in [1.82, 2.24) is 4.57 Å². The van der Waals surface area contributed by atoms with Crippen LogP contribution in [0.15, 0.2) is 91.0 Å². The molecule has 7 rings (SSSR count). The van der Waals surface area contributed by atoms with Gasteiger partial charge in [0.05, 0.1) is 11.0 Å². The number of nitrogens with zero attached hydrogens (tertiary/aromatic N) is 2. The molecule has 0 saturated heterocycles. The third-order valence-electron chi connectivity index (χ3n) is 7.60. The molecule has 0 radical (unpaired) electrons. The monoisotopic (exact) mass is 414 g/mol. The van der Waals surface area contributed by atoms with Crippen LogP contribution in [0.4, 0.5) is 11.4 Å². The molecule has 2 nitrogen and oxygen atoms in total. The van der Waals surface area contributed by atoms with Gasteiger partial charge in [-0.3, -0.25) is 0 Å². The van der Waals surface area contributed by atoms with Crippen molar-refractivity contribution < 1.29 is 0 Å². The average Bonchev–Trinajstić information content (AvgIpc) is 3.50. The van der Waals surface area contributed by atoms with Gasteiger partial charge in [-0.1, -0.05) is 60.5 Å². The molecule has 0 spiro atoms. The molecular weight excluding hydrogens is 388 g/mol. The minimum absolute atomic E-state index is 0.590. The summed E-state index contributed by atoms with van der Waals surface area (Å²) in [5, 5.41) is 2.65. The maximum Gasteiger partial charge on any atom is 0.0542 e. The zero-order valence-corrected chi connectivity index (χ0v) is 18.3. The number of para-hydroxylation sites is 2. The lowest BCUT2D eigenvalue weighted by molar-refractivity contribution is 0.642. The Hall–Kier alpha value is -3.52. The number of aromatic nitrogens is 1. The molecule has 0 N–H and O–H groups in total. The molecule has 0 amide bonds. The second-order valence-corrected chi connectivity index (χ2v) is 9.43. The first-order valence-corrected chi connectivity index (χ1v) is 11.8. The van der Waals surface area contributed by atoms with Gasteiger partial charge in [-0.05, 0) is 67.8 Å². The minimum atomic E-state index is 0.590. The smallest absolute Gasteiger partial charge is 0.0542 e. The molecular formula is C30H26N2. The van der Waals surface area contributed by atoms with E-state index in [0.717, 1.165) is 0 Å². The van der Waals surface area contributed by atoms with Gasteiger partial charge in [0.15, 0.2) is 0 Å². The molecule has 2 heterocycles. The van der Waals surface area contributed by atoms with Crippen LogP contribution in [0.1, 0.15) is 36.3 Å². The van der Waals surface area contributed by atoms with Gasteiger partial charge in [0.25, 0.3) is 0 Å². The Labute approximate surface area is 188 Å². The van der Waals surface area contributed by atoms with Gasteiger partial charge in [0.1, 0.15) is 0 Å². The van der Waals surface area contributed by atoms with E-state index >= 15 is 0 Å². The van der Waals surface area contributed by atoms with Crippen molar-refractivity contribution in [2.24, 2.45) is 0 Å². The molecule has 1 aliphatic carbocycles. The van der Waals surface area contributed by atoms with E-state index in [1.165, 1.54) is 63.7 Å². The third-order valence-corrected chi connectivity index (χ3v) is 7.60. The largest absolute Gasteiger partial charge is 0.337 e. The Balaban J connectivity index is 1.47. The topological polar surface area (TPSA) is 8.17 Å². The van der Waals surface area contributed by atoms with E-state index in [0.29, 0.717) is 12.0 Å². The lowest BCUT2D eigenvalue weighted by atomic mass is 9.96. The molecule has 2 atom stereocenters. The number of aryl methyl sites for hydroxylation is 1. The highest BCUT2D eigenvalue weighted by atomic mass is 15.2. The second-order valence-electron chi connectivity index (χ2n) is 9.43. The number of fused-ring (bicyclic) bond motifs is 6. The van der Waals surface area contributed by atoms with Gasteiger partial charge in [0, 0.05) is 39.8 Å². The van der Waals surface area contributed by atoms with Crippen LogP contribution < -0.4 is 4.90 Å².